The fraction of sp³-hybridized carbons (Fsp3) is 0.519. The van der Waals surface area contributed by atoms with Gasteiger partial charge in [0.05, 0.1) is 22.3 Å². The van der Waals surface area contributed by atoms with E-state index in [0.717, 1.165) is 57.7 Å². The third kappa shape index (κ3) is 7.74. The molecule has 2 fully saturated rings. The molecule has 0 saturated carbocycles. The van der Waals surface area contributed by atoms with Gasteiger partial charge in [0.2, 0.25) is 5.91 Å². The molecule has 1 unspecified atom stereocenters. The minimum Gasteiger partial charge on any atom is -0.494 e. The SMILES string of the molecule is O=C1CCCN1CCCOc1ccc(CN2CCCC(O)(COc3ccc(Cl)c(Cl)c3)CC2)cc1. The van der Waals surface area contributed by atoms with E-state index in [2.05, 4.69) is 17.0 Å². The Morgan fingerprint density at radius 2 is 1.71 bits per heavy atom. The third-order valence-corrected chi connectivity index (χ3v) is 7.49. The predicted molar refractivity (Wildman–Crippen MR) is 138 cm³/mol. The van der Waals surface area contributed by atoms with E-state index in [4.69, 9.17) is 32.7 Å². The van der Waals surface area contributed by atoms with Crippen molar-refractivity contribution in [3.05, 3.63) is 58.1 Å². The van der Waals surface area contributed by atoms with Crippen LogP contribution in [0, 0.1) is 0 Å². The van der Waals surface area contributed by atoms with E-state index in [1.54, 1.807) is 18.2 Å². The summed E-state index contributed by atoms with van der Waals surface area (Å²) in [5.41, 5.74) is 0.357. The molecule has 2 saturated heterocycles. The number of carbonyl (C=O) groups is 1. The molecular formula is C27H34Cl2N2O4. The minimum absolute atomic E-state index is 0.233. The Bertz CT molecular complexity index is 988. The molecule has 6 nitrogen and oxygen atoms in total. The minimum atomic E-state index is -0.863. The van der Waals surface area contributed by atoms with Gasteiger partial charge >= 0.3 is 0 Å². The van der Waals surface area contributed by atoms with Crippen molar-refractivity contribution in [3.8, 4) is 11.5 Å². The average Bonchev–Trinajstić information content (AvgIpc) is 3.17. The van der Waals surface area contributed by atoms with Gasteiger partial charge in [-0.25, -0.2) is 0 Å². The molecule has 1 atom stereocenters. The van der Waals surface area contributed by atoms with E-state index < -0.39 is 5.60 Å². The van der Waals surface area contributed by atoms with Crippen LogP contribution >= 0.6 is 23.2 Å². The summed E-state index contributed by atoms with van der Waals surface area (Å²) < 4.78 is 11.7. The summed E-state index contributed by atoms with van der Waals surface area (Å²) in [4.78, 5) is 16.0. The Balaban J connectivity index is 1.19. The number of halogens is 2. The van der Waals surface area contributed by atoms with Gasteiger partial charge in [-0.2, -0.15) is 0 Å². The second kappa shape index (κ2) is 12.3. The highest BCUT2D eigenvalue weighted by molar-refractivity contribution is 6.42. The average molecular weight is 521 g/mol. The first-order chi connectivity index (χ1) is 16.9. The zero-order chi connectivity index (χ0) is 24.7. The molecule has 0 bridgehead atoms. The molecule has 2 aromatic rings. The molecule has 190 valence electrons. The van der Waals surface area contributed by atoms with Gasteiger partial charge in [0.1, 0.15) is 18.1 Å². The Morgan fingerprint density at radius 3 is 2.46 bits per heavy atom. The van der Waals surface area contributed by atoms with Gasteiger partial charge in [0.25, 0.3) is 0 Å². The number of amides is 1. The summed E-state index contributed by atoms with van der Waals surface area (Å²) in [6.07, 6.45) is 4.76. The third-order valence-electron chi connectivity index (χ3n) is 6.75. The van der Waals surface area contributed by atoms with Gasteiger partial charge in [-0.1, -0.05) is 35.3 Å². The molecule has 1 N–H and O–H groups in total. The number of likely N-dealkylation sites (tertiary alicyclic amines) is 2. The van der Waals surface area contributed by atoms with Gasteiger partial charge in [0.15, 0.2) is 0 Å². The lowest BCUT2D eigenvalue weighted by molar-refractivity contribution is -0.127. The molecule has 8 heteroatoms. The fourth-order valence-corrected chi connectivity index (χ4v) is 4.94. The lowest BCUT2D eigenvalue weighted by Gasteiger charge is -2.27. The Kier molecular flexibility index (Phi) is 9.17. The first kappa shape index (κ1) is 26.1. The van der Waals surface area contributed by atoms with Crippen LogP contribution in [0.3, 0.4) is 0 Å². The second-order valence-electron chi connectivity index (χ2n) is 9.55. The molecule has 0 aliphatic carbocycles. The summed E-state index contributed by atoms with van der Waals surface area (Å²) in [6.45, 7) is 5.07. The molecule has 35 heavy (non-hydrogen) atoms. The Hall–Kier alpha value is -1.99. The van der Waals surface area contributed by atoms with Crippen LogP contribution in [-0.2, 0) is 11.3 Å². The summed E-state index contributed by atoms with van der Waals surface area (Å²) in [5, 5.41) is 12.0. The van der Waals surface area contributed by atoms with E-state index in [9.17, 15) is 9.90 Å². The molecule has 4 rings (SSSR count). The standard InChI is InChI=1S/C27H34Cl2N2O4/c28-24-10-9-23(18-25(24)29)35-20-27(33)11-2-13-30(16-12-27)19-21-5-7-22(8-6-21)34-17-3-15-31-14-1-4-26(31)32/h5-10,18,33H,1-4,11-17,19-20H2. The van der Waals surface area contributed by atoms with Crippen molar-refractivity contribution in [3.63, 3.8) is 0 Å². The normalized spacial score (nSPS) is 21.2. The van der Waals surface area contributed by atoms with Crippen LogP contribution in [0.15, 0.2) is 42.5 Å². The van der Waals surface area contributed by atoms with Crippen LogP contribution in [0.2, 0.25) is 10.0 Å². The largest absolute Gasteiger partial charge is 0.494 e. The highest BCUT2D eigenvalue weighted by Crippen LogP contribution is 2.29. The zero-order valence-corrected chi connectivity index (χ0v) is 21.6. The molecule has 2 aliphatic heterocycles. The molecular weight excluding hydrogens is 487 g/mol. The van der Waals surface area contributed by atoms with Crippen molar-refractivity contribution in [1.82, 2.24) is 9.80 Å². The van der Waals surface area contributed by atoms with Crippen LogP contribution in [0.25, 0.3) is 0 Å². The molecule has 2 aromatic carbocycles. The molecule has 0 radical (unpaired) electrons. The van der Waals surface area contributed by atoms with Crippen LogP contribution in [0.5, 0.6) is 11.5 Å². The maximum absolute atomic E-state index is 11.7. The molecule has 2 heterocycles. The highest BCUT2D eigenvalue weighted by Gasteiger charge is 2.31. The molecule has 1 amide bonds. The van der Waals surface area contributed by atoms with E-state index >= 15 is 0 Å². The topological polar surface area (TPSA) is 62.2 Å². The van der Waals surface area contributed by atoms with Gasteiger partial charge in [0, 0.05) is 38.7 Å². The number of hydrogen-bond acceptors (Lipinski definition) is 5. The Labute approximate surface area is 217 Å². The number of hydrogen-bond donors (Lipinski definition) is 1. The first-order valence-corrected chi connectivity index (χ1v) is 13.2. The van der Waals surface area contributed by atoms with Crippen molar-refractivity contribution in [2.45, 2.75) is 50.7 Å². The van der Waals surface area contributed by atoms with Crippen molar-refractivity contribution < 1.29 is 19.4 Å². The number of ether oxygens (including phenoxy) is 2. The zero-order valence-electron chi connectivity index (χ0n) is 20.1. The number of carbonyl (C=O) groups excluding carboxylic acids is 1. The van der Waals surface area contributed by atoms with Gasteiger partial charge in [-0.15, -0.1) is 0 Å². The maximum Gasteiger partial charge on any atom is 0.222 e. The lowest BCUT2D eigenvalue weighted by atomic mass is 9.96. The molecule has 2 aliphatic rings. The van der Waals surface area contributed by atoms with E-state index in [0.29, 0.717) is 41.7 Å². The smallest absolute Gasteiger partial charge is 0.222 e. The Morgan fingerprint density at radius 1 is 0.914 bits per heavy atom. The summed E-state index contributed by atoms with van der Waals surface area (Å²) in [7, 11) is 0. The number of rotatable bonds is 10. The van der Waals surface area contributed by atoms with Crippen molar-refractivity contribution in [2.24, 2.45) is 0 Å². The molecule has 0 spiro atoms. The quantitative estimate of drug-likeness (QED) is 0.437. The van der Waals surface area contributed by atoms with Crippen LogP contribution in [0.1, 0.15) is 44.1 Å². The van der Waals surface area contributed by atoms with Gasteiger partial charge < -0.3 is 19.5 Å². The highest BCUT2D eigenvalue weighted by atomic mass is 35.5. The maximum atomic E-state index is 11.7. The van der Waals surface area contributed by atoms with Crippen molar-refractivity contribution >= 4 is 29.1 Å². The van der Waals surface area contributed by atoms with Gasteiger partial charge in [-0.05, 0) is 68.5 Å². The second-order valence-corrected chi connectivity index (χ2v) is 10.4. The number of nitrogens with zero attached hydrogens (tertiary/aromatic N) is 2. The molecule has 0 aromatic heterocycles. The summed E-state index contributed by atoms with van der Waals surface area (Å²) in [6, 6.07) is 13.4. The monoisotopic (exact) mass is 520 g/mol. The van der Waals surface area contributed by atoms with Crippen LogP contribution in [-0.4, -0.2) is 65.8 Å². The first-order valence-electron chi connectivity index (χ1n) is 12.4. The van der Waals surface area contributed by atoms with Crippen molar-refractivity contribution in [2.75, 3.05) is 39.4 Å². The summed E-state index contributed by atoms with van der Waals surface area (Å²) >= 11 is 12.0. The van der Waals surface area contributed by atoms with Crippen molar-refractivity contribution in [1.29, 1.82) is 0 Å². The van der Waals surface area contributed by atoms with E-state index in [1.807, 2.05) is 17.0 Å². The number of benzene rings is 2. The van der Waals surface area contributed by atoms with Crippen LogP contribution in [0.4, 0.5) is 0 Å². The lowest BCUT2D eigenvalue weighted by Crippen LogP contribution is -2.37. The number of aliphatic hydroxyl groups is 1. The van der Waals surface area contributed by atoms with Gasteiger partial charge in [-0.3, -0.25) is 9.69 Å². The summed E-state index contributed by atoms with van der Waals surface area (Å²) in [5.74, 6) is 1.73. The van der Waals surface area contributed by atoms with E-state index in [-0.39, 0.29) is 12.5 Å². The van der Waals surface area contributed by atoms with E-state index in [1.165, 1.54) is 5.56 Å². The fourth-order valence-electron chi connectivity index (χ4n) is 4.66. The predicted octanol–water partition coefficient (Wildman–Crippen LogP) is 5.18. The van der Waals surface area contributed by atoms with Crippen LogP contribution < -0.4 is 9.47 Å².